The van der Waals surface area contributed by atoms with Crippen LogP contribution >= 0.6 is 11.6 Å². The van der Waals surface area contributed by atoms with Gasteiger partial charge in [-0.3, -0.25) is 13.9 Å². The molecule has 7 nitrogen and oxygen atoms in total. The van der Waals surface area contributed by atoms with Crippen molar-refractivity contribution in [3.63, 3.8) is 0 Å². The Morgan fingerprint density at radius 1 is 0.929 bits per heavy atom. The molecule has 3 rings (SSSR count). The van der Waals surface area contributed by atoms with Crippen LogP contribution in [0.4, 0.5) is 14.5 Å². The quantitative estimate of drug-likeness (QED) is 0.221. The van der Waals surface area contributed by atoms with Crippen molar-refractivity contribution in [1.82, 2.24) is 10.2 Å². The smallest absolute Gasteiger partial charge is 0.243 e. The normalized spacial score (nSPS) is 12.0. The molecule has 0 radical (unpaired) electrons. The van der Waals surface area contributed by atoms with E-state index in [0.717, 1.165) is 46.7 Å². The first-order valence-corrected chi connectivity index (χ1v) is 16.0. The minimum atomic E-state index is -3.86. The van der Waals surface area contributed by atoms with Gasteiger partial charge in [0.05, 0.1) is 11.9 Å². The van der Waals surface area contributed by atoms with Crippen molar-refractivity contribution < 1.29 is 26.8 Å². The Hall–Kier alpha value is -3.50. The minimum absolute atomic E-state index is 0.0425. The average Bonchev–Trinajstić information content (AvgIpc) is 2.95. The van der Waals surface area contributed by atoms with Gasteiger partial charge in [0, 0.05) is 43.6 Å². The molecular formula is C31H36ClF2N3O4S. The number of sulfonamides is 1. The fourth-order valence-corrected chi connectivity index (χ4v) is 5.57. The van der Waals surface area contributed by atoms with Crippen molar-refractivity contribution in [2.24, 2.45) is 0 Å². The number of anilines is 1. The van der Waals surface area contributed by atoms with Gasteiger partial charge >= 0.3 is 0 Å². The Bertz CT molecular complexity index is 1440. The summed E-state index contributed by atoms with van der Waals surface area (Å²) in [5.41, 5.74) is 1.61. The number of unbranched alkanes of at least 4 members (excludes halogenated alkanes) is 1. The van der Waals surface area contributed by atoms with Crippen LogP contribution in [0.1, 0.15) is 43.7 Å². The molecule has 0 spiro atoms. The molecule has 3 aromatic carbocycles. The predicted octanol–water partition coefficient (Wildman–Crippen LogP) is 5.72. The molecule has 0 bridgehead atoms. The van der Waals surface area contributed by atoms with Crippen LogP contribution in [0.3, 0.4) is 0 Å². The molecule has 11 heteroatoms. The minimum Gasteiger partial charge on any atom is -0.354 e. The van der Waals surface area contributed by atoms with Gasteiger partial charge in [0.25, 0.3) is 0 Å². The van der Waals surface area contributed by atoms with Crippen LogP contribution in [0.5, 0.6) is 0 Å². The van der Waals surface area contributed by atoms with Gasteiger partial charge in [-0.2, -0.15) is 0 Å². The number of nitrogens with one attached hydrogen (secondary N) is 1. The van der Waals surface area contributed by atoms with Gasteiger partial charge in [-0.1, -0.05) is 67.4 Å². The summed E-state index contributed by atoms with van der Waals surface area (Å²) < 4.78 is 53.2. The lowest BCUT2D eigenvalue weighted by atomic mass is 10.0. The van der Waals surface area contributed by atoms with E-state index in [1.54, 1.807) is 24.3 Å². The molecule has 0 saturated carbocycles. The first-order chi connectivity index (χ1) is 20.0. The highest BCUT2D eigenvalue weighted by Gasteiger charge is 2.30. The number of rotatable bonds is 15. The monoisotopic (exact) mass is 619 g/mol. The lowest BCUT2D eigenvalue weighted by molar-refractivity contribution is -0.141. The molecule has 0 fully saturated rings. The number of hydrogen-bond acceptors (Lipinski definition) is 4. The second-order valence-corrected chi connectivity index (χ2v) is 12.4. The lowest BCUT2D eigenvalue weighted by Crippen LogP contribution is -2.50. The summed E-state index contributed by atoms with van der Waals surface area (Å²) in [5.74, 6) is -2.91. The highest BCUT2D eigenvalue weighted by Crippen LogP contribution is 2.22. The molecule has 1 N–H and O–H groups in total. The van der Waals surface area contributed by atoms with Crippen LogP contribution in [-0.4, -0.2) is 50.5 Å². The summed E-state index contributed by atoms with van der Waals surface area (Å²) in [4.78, 5) is 28.8. The van der Waals surface area contributed by atoms with Gasteiger partial charge in [-0.15, -0.1) is 0 Å². The van der Waals surface area contributed by atoms with E-state index in [2.05, 4.69) is 5.32 Å². The molecular weight excluding hydrogens is 584 g/mol. The average molecular weight is 620 g/mol. The Morgan fingerprint density at radius 2 is 1.62 bits per heavy atom. The Kier molecular flexibility index (Phi) is 12.3. The molecule has 0 unspecified atom stereocenters. The standard InChI is InChI=1S/C31H36ClF2N3O4S/c1-3-4-18-35-31(39)29(20-23-9-6-5-7-10-23)36(22-24-12-14-25(32)15-13-24)30(38)11-8-19-37(42(2,40)41)26-16-17-27(33)28(34)21-26/h5-7,9-10,12-17,21,29H,3-4,8,11,18-20,22H2,1-2H3,(H,35,39)/t29-/m0/s1. The summed E-state index contributed by atoms with van der Waals surface area (Å²) >= 11 is 6.06. The number of nitrogens with zero attached hydrogens (tertiary/aromatic N) is 2. The molecule has 2 amide bonds. The highest BCUT2D eigenvalue weighted by molar-refractivity contribution is 7.92. The van der Waals surface area contributed by atoms with Gasteiger partial charge in [0.15, 0.2) is 11.6 Å². The SMILES string of the molecule is CCCCNC(=O)[C@H](Cc1ccccc1)N(Cc1ccc(Cl)cc1)C(=O)CCCN(c1ccc(F)c(F)c1)S(C)(=O)=O. The van der Waals surface area contributed by atoms with Crippen LogP contribution in [0.2, 0.25) is 5.02 Å². The number of carbonyl (C=O) groups is 2. The molecule has 1 atom stereocenters. The number of hydrogen-bond donors (Lipinski definition) is 1. The molecule has 0 aromatic heterocycles. The van der Waals surface area contributed by atoms with Crippen LogP contribution < -0.4 is 9.62 Å². The van der Waals surface area contributed by atoms with Crippen molar-refractivity contribution in [2.45, 2.75) is 51.6 Å². The molecule has 0 aliphatic carbocycles. The van der Waals surface area contributed by atoms with E-state index < -0.39 is 27.7 Å². The summed E-state index contributed by atoms with van der Waals surface area (Å²) in [6, 6.07) is 18.4. The summed E-state index contributed by atoms with van der Waals surface area (Å²) in [7, 11) is -3.86. The summed E-state index contributed by atoms with van der Waals surface area (Å²) in [6.07, 6.45) is 2.92. The van der Waals surface area contributed by atoms with Gasteiger partial charge in [-0.25, -0.2) is 17.2 Å². The third kappa shape index (κ3) is 9.80. The largest absolute Gasteiger partial charge is 0.354 e. The van der Waals surface area contributed by atoms with Crippen LogP contribution in [0.25, 0.3) is 0 Å². The number of benzene rings is 3. The zero-order chi connectivity index (χ0) is 30.7. The predicted molar refractivity (Wildman–Crippen MR) is 162 cm³/mol. The molecule has 42 heavy (non-hydrogen) atoms. The van der Waals surface area contributed by atoms with Gasteiger partial charge in [0.1, 0.15) is 6.04 Å². The Balaban J connectivity index is 1.87. The summed E-state index contributed by atoms with van der Waals surface area (Å²) in [5, 5.41) is 3.49. The zero-order valence-electron chi connectivity index (χ0n) is 23.7. The van der Waals surface area contributed by atoms with Gasteiger partial charge in [-0.05, 0) is 48.2 Å². The van der Waals surface area contributed by atoms with E-state index >= 15 is 0 Å². The maximum atomic E-state index is 13.9. The topological polar surface area (TPSA) is 86.8 Å². The molecule has 0 heterocycles. The van der Waals surface area contributed by atoms with E-state index in [1.807, 2.05) is 37.3 Å². The fourth-order valence-electron chi connectivity index (χ4n) is 4.49. The molecule has 0 saturated heterocycles. The van der Waals surface area contributed by atoms with Gasteiger partial charge < -0.3 is 10.2 Å². The highest BCUT2D eigenvalue weighted by atomic mass is 35.5. The number of carbonyl (C=O) groups excluding carboxylic acids is 2. The maximum Gasteiger partial charge on any atom is 0.243 e. The van der Waals surface area contributed by atoms with E-state index in [1.165, 1.54) is 11.0 Å². The van der Waals surface area contributed by atoms with E-state index in [4.69, 9.17) is 11.6 Å². The first kappa shape index (κ1) is 33.0. The number of halogens is 3. The fraction of sp³-hybridized carbons (Fsp3) is 0.355. The zero-order valence-corrected chi connectivity index (χ0v) is 25.3. The maximum absolute atomic E-state index is 13.9. The molecule has 226 valence electrons. The van der Waals surface area contributed by atoms with Gasteiger partial charge in [0.2, 0.25) is 21.8 Å². The van der Waals surface area contributed by atoms with Crippen molar-refractivity contribution in [3.8, 4) is 0 Å². The summed E-state index contributed by atoms with van der Waals surface area (Å²) in [6.45, 7) is 2.48. The number of amides is 2. The van der Waals surface area contributed by atoms with Crippen LogP contribution in [-0.2, 0) is 32.6 Å². The third-order valence-electron chi connectivity index (χ3n) is 6.71. The second kappa shape index (κ2) is 15.7. The van der Waals surface area contributed by atoms with E-state index in [9.17, 15) is 26.8 Å². The van der Waals surface area contributed by atoms with Crippen molar-refractivity contribution >= 4 is 39.1 Å². The van der Waals surface area contributed by atoms with E-state index in [0.29, 0.717) is 11.6 Å². The Morgan fingerprint density at radius 3 is 2.24 bits per heavy atom. The van der Waals surface area contributed by atoms with E-state index in [-0.39, 0.29) is 49.9 Å². The van der Waals surface area contributed by atoms with Crippen LogP contribution in [0.15, 0.2) is 72.8 Å². The molecule has 0 aliphatic heterocycles. The third-order valence-corrected chi connectivity index (χ3v) is 8.16. The van der Waals surface area contributed by atoms with Crippen molar-refractivity contribution in [1.29, 1.82) is 0 Å². The van der Waals surface area contributed by atoms with Crippen molar-refractivity contribution in [2.75, 3.05) is 23.7 Å². The van der Waals surface area contributed by atoms with Crippen molar-refractivity contribution in [3.05, 3.63) is 101 Å². The lowest BCUT2D eigenvalue weighted by Gasteiger charge is -2.32. The molecule has 3 aromatic rings. The van der Waals surface area contributed by atoms with Crippen LogP contribution in [0, 0.1) is 11.6 Å². The molecule has 0 aliphatic rings. The second-order valence-electron chi connectivity index (χ2n) is 10.0. The Labute approximate surface area is 251 Å². The first-order valence-electron chi connectivity index (χ1n) is 13.8.